The molecule has 0 saturated carbocycles. The van der Waals surface area contributed by atoms with Crippen LogP contribution in [-0.4, -0.2) is 63.0 Å². The Balaban J connectivity index is 1.26. The van der Waals surface area contributed by atoms with Crippen LogP contribution in [0.1, 0.15) is 38.7 Å². The number of amides is 1. The summed E-state index contributed by atoms with van der Waals surface area (Å²) in [6, 6.07) is 13.2. The van der Waals surface area contributed by atoms with Crippen molar-refractivity contribution in [2.24, 2.45) is 5.41 Å². The Morgan fingerprint density at radius 3 is 2.36 bits per heavy atom. The van der Waals surface area contributed by atoms with Crippen LogP contribution in [0.2, 0.25) is 0 Å². The van der Waals surface area contributed by atoms with Crippen LogP contribution in [0.5, 0.6) is 0 Å². The van der Waals surface area contributed by atoms with Gasteiger partial charge in [0.15, 0.2) is 5.11 Å². The maximum absolute atomic E-state index is 14.1. The molecule has 0 unspecified atom stereocenters. The monoisotopic (exact) mass is 559 g/mol. The lowest BCUT2D eigenvalue weighted by molar-refractivity contribution is -0.0884. The molecule has 2 fully saturated rings. The standard InChI is InChI=1S/C27H28F3N5O3S/c1-26(2,3)38-25(36)34-15-27(16-34)13-33(14-27)24(39)35(20-6-4-5-19(28)11-20)12-17-7-9-18(10-8-17)22-31-32-23(37-22)21(29)30/h4-11,21H,12-16H2,1-3H3. The molecule has 0 N–H and O–H groups in total. The molecule has 3 heterocycles. The van der Waals surface area contributed by atoms with Crippen molar-refractivity contribution < 1.29 is 27.1 Å². The number of alkyl halides is 2. The average molecular weight is 560 g/mol. The highest BCUT2D eigenvalue weighted by atomic mass is 32.1. The van der Waals surface area contributed by atoms with Crippen LogP contribution in [0.25, 0.3) is 11.5 Å². The first kappa shape index (κ1) is 26.9. The zero-order valence-corrected chi connectivity index (χ0v) is 22.6. The predicted molar refractivity (Wildman–Crippen MR) is 142 cm³/mol. The SMILES string of the molecule is CC(C)(C)OC(=O)N1CC2(C1)CN(C(=S)N(Cc1ccc(-c3nnc(C(F)F)o3)cc1)c1cccc(F)c1)C2. The van der Waals surface area contributed by atoms with Crippen molar-refractivity contribution in [3.63, 3.8) is 0 Å². The van der Waals surface area contributed by atoms with Gasteiger partial charge in [-0.1, -0.05) is 18.2 Å². The first-order valence-electron chi connectivity index (χ1n) is 12.4. The summed E-state index contributed by atoms with van der Waals surface area (Å²) in [6.45, 7) is 8.43. The number of carbonyl (C=O) groups excluding carboxylic acids is 1. The fourth-order valence-electron chi connectivity index (χ4n) is 4.78. The topological polar surface area (TPSA) is 74.9 Å². The van der Waals surface area contributed by atoms with E-state index in [9.17, 15) is 18.0 Å². The summed E-state index contributed by atoms with van der Waals surface area (Å²) in [4.78, 5) is 17.9. The van der Waals surface area contributed by atoms with Gasteiger partial charge >= 0.3 is 12.5 Å². The van der Waals surface area contributed by atoms with E-state index in [-0.39, 0.29) is 23.2 Å². The number of likely N-dealkylation sites (tertiary alicyclic amines) is 2. The van der Waals surface area contributed by atoms with Crippen LogP contribution in [0.15, 0.2) is 52.9 Å². The number of aromatic nitrogens is 2. The Morgan fingerprint density at radius 2 is 1.77 bits per heavy atom. The minimum Gasteiger partial charge on any atom is -0.444 e. The number of hydrogen-bond donors (Lipinski definition) is 0. The van der Waals surface area contributed by atoms with Gasteiger partial charge in [0.1, 0.15) is 11.4 Å². The van der Waals surface area contributed by atoms with E-state index in [1.54, 1.807) is 41.3 Å². The molecule has 0 bridgehead atoms. The summed E-state index contributed by atoms with van der Waals surface area (Å²) < 4.78 is 50.2. The lowest BCUT2D eigenvalue weighted by Gasteiger charge is -2.61. The first-order valence-corrected chi connectivity index (χ1v) is 12.8. The second kappa shape index (κ2) is 10.1. The predicted octanol–water partition coefficient (Wildman–Crippen LogP) is 5.66. The molecule has 3 aromatic rings. The average Bonchev–Trinajstić information content (AvgIpc) is 3.31. The summed E-state index contributed by atoms with van der Waals surface area (Å²) in [5, 5.41) is 7.58. The number of hydrogen-bond acceptors (Lipinski definition) is 6. The van der Waals surface area contributed by atoms with E-state index >= 15 is 0 Å². The number of ether oxygens (including phenoxy) is 1. The van der Waals surface area contributed by atoms with Crippen molar-refractivity contribution in [2.75, 3.05) is 31.1 Å². The van der Waals surface area contributed by atoms with Crippen molar-refractivity contribution in [2.45, 2.75) is 39.3 Å². The van der Waals surface area contributed by atoms with E-state index in [1.807, 2.05) is 30.6 Å². The molecule has 8 nitrogen and oxygen atoms in total. The molecule has 0 radical (unpaired) electrons. The van der Waals surface area contributed by atoms with Gasteiger partial charge in [0.25, 0.3) is 5.89 Å². The molecule has 2 aliphatic heterocycles. The second-order valence-electron chi connectivity index (χ2n) is 11.0. The van der Waals surface area contributed by atoms with Gasteiger partial charge in [-0.25, -0.2) is 9.18 Å². The smallest absolute Gasteiger partial charge is 0.410 e. The fraction of sp³-hybridized carbons (Fsp3) is 0.407. The molecule has 2 aliphatic rings. The van der Waals surface area contributed by atoms with E-state index in [0.717, 1.165) is 5.56 Å². The van der Waals surface area contributed by atoms with Crippen LogP contribution in [-0.2, 0) is 11.3 Å². The summed E-state index contributed by atoms with van der Waals surface area (Å²) in [5.41, 5.74) is 1.39. The molecular formula is C27H28F3N5O3S. The van der Waals surface area contributed by atoms with Gasteiger partial charge in [0.2, 0.25) is 5.89 Å². The van der Waals surface area contributed by atoms with Gasteiger partial charge < -0.3 is 23.9 Å². The molecule has 12 heteroatoms. The lowest BCUT2D eigenvalue weighted by Crippen LogP contribution is -2.74. The third-order valence-electron chi connectivity index (χ3n) is 6.55. The van der Waals surface area contributed by atoms with E-state index in [2.05, 4.69) is 10.2 Å². The summed E-state index contributed by atoms with van der Waals surface area (Å²) in [6.07, 6.45) is -3.16. The number of halogens is 3. The number of anilines is 1. The van der Waals surface area contributed by atoms with Gasteiger partial charge in [-0.3, -0.25) is 0 Å². The van der Waals surface area contributed by atoms with Gasteiger partial charge in [-0.05, 0) is 68.9 Å². The number of nitrogens with zero attached hydrogens (tertiary/aromatic N) is 5. The number of thiocarbonyl (C=S) groups is 1. The third kappa shape index (κ3) is 5.85. The Labute approximate surface area is 229 Å². The van der Waals surface area contributed by atoms with Crippen LogP contribution in [0, 0.1) is 11.2 Å². The molecule has 206 valence electrons. The van der Waals surface area contributed by atoms with Crippen LogP contribution in [0.4, 0.5) is 23.7 Å². The maximum Gasteiger partial charge on any atom is 0.410 e. The van der Waals surface area contributed by atoms with Crippen LogP contribution >= 0.6 is 12.2 Å². The minimum absolute atomic E-state index is 0.00107. The first-order chi connectivity index (χ1) is 18.4. The zero-order valence-electron chi connectivity index (χ0n) is 21.7. The van der Waals surface area contributed by atoms with Gasteiger partial charge in [-0.2, -0.15) is 8.78 Å². The van der Waals surface area contributed by atoms with Crippen molar-refractivity contribution in [1.29, 1.82) is 0 Å². The molecule has 1 aromatic heterocycles. The molecule has 1 spiro atoms. The maximum atomic E-state index is 14.1. The fourth-order valence-corrected chi connectivity index (χ4v) is 5.08. The Bertz CT molecular complexity index is 1360. The summed E-state index contributed by atoms with van der Waals surface area (Å²) in [7, 11) is 0. The van der Waals surface area contributed by atoms with Gasteiger partial charge in [0, 0.05) is 42.8 Å². The highest BCUT2D eigenvalue weighted by molar-refractivity contribution is 7.80. The van der Waals surface area contributed by atoms with Gasteiger partial charge in [-0.15, -0.1) is 10.2 Å². The molecule has 2 saturated heterocycles. The molecular weight excluding hydrogens is 531 g/mol. The third-order valence-corrected chi connectivity index (χ3v) is 7.03. The highest BCUT2D eigenvalue weighted by Crippen LogP contribution is 2.41. The molecule has 0 atom stereocenters. The minimum atomic E-state index is -2.84. The van der Waals surface area contributed by atoms with Gasteiger partial charge in [0.05, 0.1) is 6.54 Å². The second-order valence-corrected chi connectivity index (χ2v) is 11.3. The Kier molecular flexibility index (Phi) is 7.00. The molecule has 0 aliphatic carbocycles. The summed E-state index contributed by atoms with van der Waals surface area (Å²) in [5.74, 6) is -1.11. The van der Waals surface area contributed by atoms with Crippen molar-refractivity contribution in [1.82, 2.24) is 20.0 Å². The largest absolute Gasteiger partial charge is 0.444 e. The molecule has 2 aromatic carbocycles. The van der Waals surface area contributed by atoms with E-state index in [1.165, 1.54) is 12.1 Å². The van der Waals surface area contributed by atoms with E-state index in [0.29, 0.717) is 49.1 Å². The lowest BCUT2D eigenvalue weighted by atomic mass is 9.73. The molecule has 39 heavy (non-hydrogen) atoms. The quantitative estimate of drug-likeness (QED) is 0.371. The van der Waals surface area contributed by atoms with Crippen molar-refractivity contribution in [3.8, 4) is 11.5 Å². The Hall–Kier alpha value is -3.67. The number of carbonyl (C=O) groups is 1. The Morgan fingerprint density at radius 1 is 1.10 bits per heavy atom. The molecule has 1 amide bonds. The van der Waals surface area contributed by atoms with Crippen LogP contribution < -0.4 is 4.90 Å². The summed E-state index contributed by atoms with van der Waals surface area (Å²) >= 11 is 5.85. The zero-order chi connectivity index (χ0) is 27.9. The normalized spacial score (nSPS) is 16.2. The van der Waals surface area contributed by atoms with Crippen LogP contribution in [0.3, 0.4) is 0 Å². The number of rotatable bonds is 5. The molecule has 5 rings (SSSR count). The number of benzene rings is 2. The van der Waals surface area contributed by atoms with Crippen molar-refractivity contribution in [3.05, 3.63) is 65.8 Å². The van der Waals surface area contributed by atoms with Crippen molar-refractivity contribution >= 4 is 29.1 Å². The van der Waals surface area contributed by atoms with E-state index in [4.69, 9.17) is 21.4 Å². The van der Waals surface area contributed by atoms with E-state index < -0.39 is 17.9 Å². The highest BCUT2D eigenvalue weighted by Gasteiger charge is 2.55.